The molecular formula is C17H34NO3+. The molecule has 3 N–H and O–H groups in total. The minimum absolute atomic E-state index is 0.199. The van der Waals surface area contributed by atoms with Crippen LogP contribution in [0.25, 0.3) is 0 Å². The van der Waals surface area contributed by atoms with Crippen LogP contribution in [0.2, 0.25) is 0 Å². The molecule has 0 radical (unpaired) electrons. The fourth-order valence-corrected chi connectivity index (χ4v) is 3.54. The van der Waals surface area contributed by atoms with Gasteiger partial charge in [0.05, 0.1) is 19.8 Å². The van der Waals surface area contributed by atoms with Crippen LogP contribution in [0.15, 0.2) is 0 Å². The number of ether oxygens (including phenoxy) is 2. The van der Waals surface area contributed by atoms with Crippen molar-refractivity contribution in [1.29, 1.82) is 0 Å². The molecule has 0 aromatic rings. The molecule has 0 aromatic carbocycles. The number of hydrogen-bond acceptors (Lipinski definition) is 3. The Morgan fingerprint density at radius 3 is 2.05 bits per heavy atom. The molecule has 4 nitrogen and oxygen atoms in total. The molecule has 0 unspecified atom stereocenters. The predicted octanol–water partition coefficient (Wildman–Crippen LogP) is 1.96. The first-order chi connectivity index (χ1) is 10.3. The molecule has 1 aliphatic heterocycles. The first kappa shape index (κ1) is 17.2. The third-order valence-electron chi connectivity index (χ3n) is 4.79. The van der Waals surface area contributed by atoms with E-state index in [-0.39, 0.29) is 18.5 Å². The summed E-state index contributed by atoms with van der Waals surface area (Å²) >= 11 is 0. The Morgan fingerprint density at radius 1 is 0.905 bits per heavy atom. The molecule has 1 aliphatic carbocycles. The van der Waals surface area contributed by atoms with Crippen molar-refractivity contribution < 1.29 is 19.9 Å². The van der Waals surface area contributed by atoms with Crippen molar-refractivity contribution in [3.8, 4) is 0 Å². The van der Waals surface area contributed by atoms with E-state index < -0.39 is 0 Å². The van der Waals surface area contributed by atoms with Crippen LogP contribution in [0.1, 0.15) is 70.6 Å². The van der Waals surface area contributed by atoms with Gasteiger partial charge in [-0.05, 0) is 12.8 Å². The second-order valence-electron chi connectivity index (χ2n) is 6.68. The maximum Gasteiger partial charge on any atom is 0.169 e. The van der Waals surface area contributed by atoms with Gasteiger partial charge in [-0.1, -0.05) is 44.9 Å². The molecule has 1 saturated carbocycles. The van der Waals surface area contributed by atoms with E-state index in [0.29, 0.717) is 0 Å². The molecule has 0 amide bonds. The smallest absolute Gasteiger partial charge is 0.169 e. The summed E-state index contributed by atoms with van der Waals surface area (Å²) in [5.74, 6) is -0.295. The van der Waals surface area contributed by atoms with Gasteiger partial charge in [0.25, 0.3) is 0 Å². The van der Waals surface area contributed by atoms with E-state index in [1.165, 1.54) is 57.8 Å². The molecule has 2 aliphatic rings. The van der Waals surface area contributed by atoms with Gasteiger partial charge >= 0.3 is 0 Å². The van der Waals surface area contributed by atoms with E-state index in [9.17, 15) is 0 Å². The molecule has 4 heteroatoms. The van der Waals surface area contributed by atoms with Crippen molar-refractivity contribution in [2.45, 2.75) is 82.5 Å². The fourth-order valence-electron chi connectivity index (χ4n) is 3.54. The average Bonchev–Trinajstić information content (AvgIpc) is 2.87. The second-order valence-corrected chi connectivity index (χ2v) is 6.68. The van der Waals surface area contributed by atoms with Crippen molar-refractivity contribution in [2.24, 2.45) is 0 Å². The third-order valence-corrected chi connectivity index (χ3v) is 4.79. The summed E-state index contributed by atoms with van der Waals surface area (Å²) in [5.41, 5.74) is 0. The standard InChI is InChI=1S/C17H33NO3/c19-13-12-18-14-16-15-20-17(21-16)10-8-6-4-2-1-3-5-7-9-11-17/h16,18-19H,1-15H2/p+1/t16-/m1/s1. The summed E-state index contributed by atoms with van der Waals surface area (Å²) in [6, 6.07) is 0. The molecule has 2 rings (SSSR count). The van der Waals surface area contributed by atoms with Gasteiger partial charge in [0.1, 0.15) is 12.6 Å². The number of quaternary nitrogens is 1. The number of aliphatic hydroxyl groups excluding tert-OH is 1. The van der Waals surface area contributed by atoms with Gasteiger partial charge in [0, 0.05) is 12.8 Å². The Morgan fingerprint density at radius 2 is 1.48 bits per heavy atom. The van der Waals surface area contributed by atoms with Gasteiger partial charge < -0.3 is 19.9 Å². The number of hydrogen-bond donors (Lipinski definition) is 2. The highest BCUT2D eigenvalue weighted by atomic mass is 16.7. The van der Waals surface area contributed by atoms with E-state index in [4.69, 9.17) is 14.6 Å². The molecule has 0 bridgehead atoms. The lowest BCUT2D eigenvalue weighted by Crippen LogP contribution is -2.87. The monoisotopic (exact) mass is 300 g/mol. The van der Waals surface area contributed by atoms with Gasteiger partial charge in [0.2, 0.25) is 0 Å². The summed E-state index contributed by atoms with van der Waals surface area (Å²) in [5, 5.41) is 11.0. The normalized spacial score (nSPS) is 28.1. The van der Waals surface area contributed by atoms with Crippen LogP contribution in [0.3, 0.4) is 0 Å². The molecule has 1 atom stereocenters. The highest BCUT2D eigenvalue weighted by molar-refractivity contribution is 4.79. The van der Waals surface area contributed by atoms with Crippen molar-refractivity contribution >= 4 is 0 Å². The highest BCUT2D eigenvalue weighted by Crippen LogP contribution is 2.34. The van der Waals surface area contributed by atoms with Crippen LogP contribution < -0.4 is 5.32 Å². The van der Waals surface area contributed by atoms with Gasteiger partial charge in [-0.3, -0.25) is 0 Å². The second kappa shape index (κ2) is 9.78. The van der Waals surface area contributed by atoms with Crippen molar-refractivity contribution in [3.05, 3.63) is 0 Å². The van der Waals surface area contributed by atoms with Gasteiger partial charge in [0.15, 0.2) is 5.79 Å². The number of aliphatic hydroxyl groups is 1. The lowest BCUT2D eigenvalue weighted by Gasteiger charge is -2.28. The lowest BCUT2D eigenvalue weighted by atomic mass is 9.97. The minimum atomic E-state index is -0.295. The van der Waals surface area contributed by atoms with Crippen LogP contribution >= 0.6 is 0 Å². The third kappa shape index (κ3) is 6.23. The Bertz CT molecular complexity index is 261. The SMILES string of the molecule is OCC[NH2+]C[C@@H]1COC2(CCCCCCCCCCC2)O1. The molecule has 124 valence electrons. The summed E-state index contributed by atoms with van der Waals surface area (Å²) in [4.78, 5) is 0. The molecule has 1 spiro atoms. The molecule has 1 saturated heterocycles. The minimum Gasteiger partial charge on any atom is -0.391 e. The fraction of sp³-hybridized carbons (Fsp3) is 1.00. The van der Waals surface area contributed by atoms with Gasteiger partial charge in [-0.2, -0.15) is 0 Å². The number of nitrogens with two attached hydrogens (primary N) is 1. The zero-order valence-corrected chi connectivity index (χ0v) is 13.5. The summed E-state index contributed by atoms with van der Waals surface area (Å²) in [7, 11) is 0. The molecule has 1 heterocycles. The van der Waals surface area contributed by atoms with Crippen LogP contribution in [0.4, 0.5) is 0 Å². The largest absolute Gasteiger partial charge is 0.391 e. The number of rotatable bonds is 4. The van der Waals surface area contributed by atoms with E-state index >= 15 is 0 Å². The van der Waals surface area contributed by atoms with E-state index in [1.807, 2.05) is 0 Å². The van der Waals surface area contributed by atoms with Crippen molar-refractivity contribution in [3.63, 3.8) is 0 Å². The zero-order chi connectivity index (χ0) is 14.8. The molecule has 2 fully saturated rings. The topological polar surface area (TPSA) is 55.3 Å². The summed E-state index contributed by atoms with van der Waals surface area (Å²) < 4.78 is 12.4. The average molecular weight is 300 g/mol. The quantitative estimate of drug-likeness (QED) is 0.780. The summed E-state index contributed by atoms with van der Waals surface area (Å²) in [6.45, 7) is 2.62. The van der Waals surface area contributed by atoms with Crippen LogP contribution in [-0.4, -0.2) is 43.3 Å². The highest BCUT2D eigenvalue weighted by Gasteiger charge is 2.41. The van der Waals surface area contributed by atoms with Crippen molar-refractivity contribution in [2.75, 3.05) is 26.3 Å². The van der Waals surface area contributed by atoms with Gasteiger partial charge in [-0.25, -0.2) is 0 Å². The van der Waals surface area contributed by atoms with E-state index in [0.717, 1.165) is 32.5 Å². The van der Waals surface area contributed by atoms with Crippen LogP contribution in [-0.2, 0) is 9.47 Å². The molecule has 21 heavy (non-hydrogen) atoms. The Balaban J connectivity index is 1.79. The van der Waals surface area contributed by atoms with Crippen molar-refractivity contribution in [1.82, 2.24) is 0 Å². The maximum atomic E-state index is 8.85. The zero-order valence-electron chi connectivity index (χ0n) is 13.5. The van der Waals surface area contributed by atoms with Crippen LogP contribution in [0.5, 0.6) is 0 Å². The Kier molecular flexibility index (Phi) is 8.01. The molecule has 0 aromatic heterocycles. The first-order valence-corrected chi connectivity index (χ1v) is 9.09. The Labute approximate surface area is 129 Å². The molecular weight excluding hydrogens is 266 g/mol. The van der Waals surface area contributed by atoms with Gasteiger partial charge in [-0.15, -0.1) is 0 Å². The lowest BCUT2D eigenvalue weighted by molar-refractivity contribution is -0.662. The predicted molar refractivity (Wildman–Crippen MR) is 83.1 cm³/mol. The van der Waals surface area contributed by atoms with E-state index in [2.05, 4.69) is 5.32 Å². The maximum absolute atomic E-state index is 8.85. The first-order valence-electron chi connectivity index (χ1n) is 9.09. The summed E-state index contributed by atoms with van der Waals surface area (Å²) in [6.07, 6.45) is 14.3. The van der Waals surface area contributed by atoms with Crippen LogP contribution in [0, 0.1) is 0 Å². The van der Waals surface area contributed by atoms with E-state index in [1.54, 1.807) is 0 Å². The Hall–Kier alpha value is -0.160.